The van der Waals surface area contributed by atoms with Crippen LogP contribution in [0.1, 0.15) is 21.7 Å². The number of nitriles is 1. The van der Waals surface area contributed by atoms with Crippen molar-refractivity contribution in [1.29, 1.82) is 5.26 Å². The van der Waals surface area contributed by atoms with Gasteiger partial charge in [0.15, 0.2) is 10.9 Å². The summed E-state index contributed by atoms with van der Waals surface area (Å²) in [6.07, 6.45) is 4.15. The largest absolute Gasteiger partial charge is 0.459 e. The number of benzene rings is 1. The summed E-state index contributed by atoms with van der Waals surface area (Å²) in [6, 6.07) is 14.0. The first-order valence-corrected chi connectivity index (χ1v) is 12.1. The van der Waals surface area contributed by atoms with Crippen molar-refractivity contribution >= 4 is 28.3 Å². The molecule has 178 valence electrons. The Bertz CT molecular complexity index is 1350. The van der Waals surface area contributed by atoms with Gasteiger partial charge in [-0.2, -0.15) is 10.2 Å². The van der Waals surface area contributed by atoms with Crippen molar-refractivity contribution in [2.24, 2.45) is 0 Å². The number of amides is 1. The van der Waals surface area contributed by atoms with Crippen molar-refractivity contribution < 1.29 is 13.6 Å². The fraction of sp³-hybridized carbons (Fsp3) is 0.280. The number of hydrogen-bond donors (Lipinski definition) is 1. The van der Waals surface area contributed by atoms with E-state index in [1.165, 1.54) is 28.7 Å². The molecule has 1 fully saturated rings. The number of aromatic nitrogens is 2. The highest BCUT2D eigenvalue weighted by Gasteiger charge is 2.26. The second-order valence-electron chi connectivity index (χ2n) is 8.37. The smallest absolute Gasteiger partial charge is 0.266 e. The van der Waals surface area contributed by atoms with Gasteiger partial charge in [-0.3, -0.25) is 9.69 Å². The van der Waals surface area contributed by atoms with E-state index in [4.69, 9.17) is 8.83 Å². The molecule has 0 radical (unpaired) electrons. The van der Waals surface area contributed by atoms with Gasteiger partial charge in [0, 0.05) is 43.7 Å². The van der Waals surface area contributed by atoms with Crippen molar-refractivity contribution in [2.45, 2.75) is 13.3 Å². The Kier molecular flexibility index (Phi) is 6.61. The number of hydrogen-bond acceptors (Lipinski definition) is 9. The predicted molar refractivity (Wildman–Crippen MR) is 132 cm³/mol. The van der Waals surface area contributed by atoms with Crippen LogP contribution in [0.2, 0.25) is 0 Å². The zero-order valence-electron chi connectivity index (χ0n) is 19.2. The summed E-state index contributed by atoms with van der Waals surface area (Å²) in [5.74, 6) is 1.11. The van der Waals surface area contributed by atoms with Crippen molar-refractivity contribution in [2.75, 3.05) is 42.9 Å². The first-order valence-electron chi connectivity index (χ1n) is 11.3. The first-order chi connectivity index (χ1) is 17.1. The van der Waals surface area contributed by atoms with Gasteiger partial charge in [-0.15, -0.1) is 11.3 Å². The Morgan fingerprint density at radius 3 is 2.83 bits per heavy atom. The Hall–Kier alpha value is -3.94. The van der Waals surface area contributed by atoms with Gasteiger partial charge in [-0.25, -0.2) is 4.98 Å². The maximum Gasteiger partial charge on any atom is 0.266 e. The normalized spacial score (nSPS) is 14.1. The first kappa shape index (κ1) is 22.8. The number of oxazole rings is 1. The van der Waals surface area contributed by atoms with Crippen LogP contribution < -0.4 is 10.2 Å². The number of carbonyl (C=O) groups excluding carboxylic acids is 1. The van der Waals surface area contributed by atoms with Crippen LogP contribution in [0.15, 0.2) is 57.7 Å². The van der Waals surface area contributed by atoms with Gasteiger partial charge < -0.3 is 19.1 Å². The van der Waals surface area contributed by atoms with E-state index in [1.807, 2.05) is 11.1 Å². The van der Waals surface area contributed by atoms with E-state index < -0.39 is 0 Å². The van der Waals surface area contributed by atoms with Crippen LogP contribution in [0.5, 0.6) is 0 Å². The highest BCUT2D eigenvalue weighted by atomic mass is 32.1. The monoisotopic (exact) mass is 488 g/mol. The van der Waals surface area contributed by atoms with E-state index in [0.717, 1.165) is 11.3 Å². The average molecular weight is 489 g/mol. The van der Waals surface area contributed by atoms with Crippen molar-refractivity contribution in [3.05, 3.63) is 70.6 Å². The van der Waals surface area contributed by atoms with Crippen LogP contribution in [0.4, 0.5) is 11.0 Å². The molecular formula is C25H24N6O3S. The maximum atomic E-state index is 12.6. The number of rotatable bonds is 7. The van der Waals surface area contributed by atoms with Crippen LogP contribution in [-0.4, -0.2) is 53.5 Å². The van der Waals surface area contributed by atoms with Crippen LogP contribution in [0.25, 0.3) is 11.7 Å². The van der Waals surface area contributed by atoms with Crippen LogP contribution in [-0.2, 0) is 11.2 Å². The van der Waals surface area contributed by atoms with Gasteiger partial charge in [-0.05, 0) is 24.6 Å². The Labute approximate surface area is 206 Å². The summed E-state index contributed by atoms with van der Waals surface area (Å²) >= 11 is 1.50. The molecule has 35 heavy (non-hydrogen) atoms. The number of aryl methyl sites for hydroxylation is 1. The Morgan fingerprint density at radius 1 is 1.23 bits per heavy atom. The highest BCUT2D eigenvalue weighted by molar-refractivity contribution is 7.15. The molecule has 5 rings (SSSR count). The SMILES string of the molecule is Cc1cccc(Cc2cnc(NC(=O)CN3CCN(c4oc(-c5ccco5)nc4C#N)CC3)s2)c1. The molecule has 1 aliphatic heterocycles. The van der Waals surface area contributed by atoms with E-state index in [-0.39, 0.29) is 24.0 Å². The average Bonchev–Trinajstić information content (AvgIpc) is 3.61. The molecule has 1 saturated heterocycles. The standard InChI is InChI=1S/C25H24N6O3S/c1-17-4-2-5-18(12-17)13-19-15-27-25(35-19)29-22(32)16-30-7-9-31(10-8-30)24-20(14-26)28-23(34-24)21-6-3-11-33-21/h2-6,11-12,15H,7-10,13,16H2,1H3,(H,27,29,32). The highest BCUT2D eigenvalue weighted by Crippen LogP contribution is 2.29. The lowest BCUT2D eigenvalue weighted by molar-refractivity contribution is -0.117. The van der Waals surface area contributed by atoms with Gasteiger partial charge in [-0.1, -0.05) is 29.8 Å². The summed E-state index contributed by atoms with van der Waals surface area (Å²) < 4.78 is 11.2. The molecule has 1 aromatic carbocycles. The molecule has 0 bridgehead atoms. The van der Waals surface area contributed by atoms with Crippen molar-refractivity contribution in [3.8, 4) is 17.7 Å². The topological polar surface area (TPSA) is 111 Å². The maximum absolute atomic E-state index is 12.6. The van der Waals surface area contributed by atoms with Crippen LogP contribution in [0.3, 0.4) is 0 Å². The fourth-order valence-electron chi connectivity index (χ4n) is 4.05. The quantitative estimate of drug-likeness (QED) is 0.417. The van der Waals surface area contributed by atoms with Gasteiger partial charge in [0.1, 0.15) is 6.07 Å². The molecule has 0 unspecified atom stereocenters. The summed E-state index contributed by atoms with van der Waals surface area (Å²) in [7, 11) is 0. The Balaban J connectivity index is 1.13. The van der Waals surface area contributed by atoms with Crippen LogP contribution in [0, 0.1) is 18.3 Å². The van der Waals surface area contributed by atoms with E-state index in [9.17, 15) is 10.1 Å². The van der Waals surface area contributed by atoms with Gasteiger partial charge in [0.05, 0.1) is 12.8 Å². The summed E-state index contributed by atoms with van der Waals surface area (Å²) in [6.45, 7) is 4.91. The molecule has 1 N–H and O–H groups in total. The number of nitrogens with zero attached hydrogens (tertiary/aromatic N) is 5. The predicted octanol–water partition coefficient (Wildman–Crippen LogP) is 3.92. The number of piperazine rings is 1. The number of nitrogens with one attached hydrogen (secondary N) is 1. The molecule has 4 heterocycles. The van der Waals surface area contributed by atoms with E-state index in [1.54, 1.807) is 12.1 Å². The molecule has 4 aromatic rings. The molecule has 1 aliphatic rings. The van der Waals surface area contributed by atoms with Crippen molar-refractivity contribution in [1.82, 2.24) is 14.9 Å². The number of carbonyl (C=O) groups is 1. The third-order valence-electron chi connectivity index (χ3n) is 5.73. The lowest BCUT2D eigenvalue weighted by Crippen LogP contribution is -2.48. The van der Waals surface area contributed by atoms with E-state index >= 15 is 0 Å². The third-order valence-corrected chi connectivity index (χ3v) is 6.65. The number of furan rings is 1. The molecule has 3 aromatic heterocycles. The van der Waals surface area contributed by atoms with Gasteiger partial charge in [0.2, 0.25) is 17.5 Å². The molecule has 10 heteroatoms. The molecule has 0 saturated carbocycles. The zero-order chi connectivity index (χ0) is 24.2. The molecule has 0 spiro atoms. The lowest BCUT2D eigenvalue weighted by atomic mass is 10.1. The summed E-state index contributed by atoms with van der Waals surface area (Å²) in [5.41, 5.74) is 2.69. The minimum absolute atomic E-state index is 0.0904. The lowest BCUT2D eigenvalue weighted by Gasteiger charge is -2.33. The molecular weight excluding hydrogens is 464 g/mol. The summed E-state index contributed by atoms with van der Waals surface area (Å²) in [5, 5.41) is 13.0. The van der Waals surface area contributed by atoms with Gasteiger partial charge in [0.25, 0.3) is 5.89 Å². The van der Waals surface area contributed by atoms with Gasteiger partial charge >= 0.3 is 0 Å². The van der Waals surface area contributed by atoms with Crippen molar-refractivity contribution in [3.63, 3.8) is 0 Å². The molecule has 9 nitrogen and oxygen atoms in total. The second kappa shape index (κ2) is 10.1. The Morgan fingerprint density at radius 2 is 2.09 bits per heavy atom. The van der Waals surface area contributed by atoms with Crippen LogP contribution >= 0.6 is 11.3 Å². The zero-order valence-corrected chi connectivity index (χ0v) is 20.0. The molecule has 0 atom stereocenters. The number of anilines is 2. The molecule has 0 aliphatic carbocycles. The molecule has 1 amide bonds. The van der Waals surface area contributed by atoms with E-state index in [0.29, 0.717) is 43.0 Å². The van der Waals surface area contributed by atoms with E-state index in [2.05, 4.69) is 57.4 Å². The minimum atomic E-state index is -0.0904. The second-order valence-corrected chi connectivity index (χ2v) is 9.49. The number of thiazole rings is 1. The fourth-order valence-corrected chi connectivity index (χ4v) is 4.91. The minimum Gasteiger partial charge on any atom is -0.459 e. The summed E-state index contributed by atoms with van der Waals surface area (Å²) in [4.78, 5) is 26.4. The third kappa shape index (κ3) is 5.42.